The minimum absolute atomic E-state index is 0.00591. The third-order valence-corrected chi connectivity index (χ3v) is 3.97. The second-order valence-electron chi connectivity index (χ2n) is 5.42. The van der Waals surface area contributed by atoms with Crippen molar-refractivity contribution in [3.8, 4) is 0 Å². The van der Waals surface area contributed by atoms with E-state index in [-0.39, 0.29) is 6.23 Å². The van der Waals surface area contributed by atoms with E-state index >= 15 is 0 Å². The van der Waals surface area contributed by atoms with Crippen LogP contribution in [0.1, 0.15) is 26.5 Å². The van der Waals surface area contributed by atoms with Gasteiger partial charge in [-0.25, -0.2) is 4.98 Å². The van der Waals surface area contributed by atoms with Crippen LogP contribution in [-0.2, 0) is 4.74 Å². The van der Waals surface area contributed by atoms with E-state index in [1.165, 1.54) is 0 Å². The van der Waals surface area contributed by atoms with Crippen LogP contribution in [0.5, 0.6) is 0 Å². The summed E-state index contributed by atoms with van der Waals surface area (Å²) in [4.78, 5) is 7.23. The van der Waals surface area contributed by atoms with Crippen LogP contribution in [0.3, 0.4) is 0 Å². The van der Waals surface area contributed by atoms with Gasteiger partial charge in [-0.15, -0.1) is 0 Å². The Balaban J connectivity index is 2.04. The monoisotopic (exact) mass is 288 g/mol. The number of aromatic nitrogens is 2. The third kappa shape index (κ3) is 2.89. The van der Waals surface area contributed by atoms with Crippen LogP contribution in [0, 0.1) is 0 Å². The summed E-state index contributed by atoms with van der Waals surface area (Å²) in [7, 11) is 0. The van der Waals surface area contributed by atoms with Gasteiger partial charge in [0, 0.05) is 26.2 Å². The highest BCUT2D eigenvalue weighted by molar-refractivity contribution is 5.79. The second kappa shape index (κ2) is 6.45. The highest BCUT2D eigenvalue weighted by atomic mass is 16.5. The van der Waals surface area contributed by atoms with Gasteiger partial charge < -0.3 is 15.0 Å². The van der Waals surface area contributed by atoms with Crippen molar-refractivity contribution in [3.63, 3.8) is 0 Å². The molecule has 1 unspecified atom stereocenters. The number of nitrogens with one attached hydrogen (secondary N) is 1. The van der Waals surface area contributed by atoms with Crippen molar-refractivity contribution in [3.05, 3.63) is 24.3 Å². The van der Waals surface area contributed by atoms with Gasteiger partial charge in [0.1, 0.15) is 6.23 Å². The second-order valence-corrected chi connectivity index (χ2v) is 5.42. The Hall–Kier alpha value is -1.59. The Kier molecular flexibility index (Phi) is 4.41. The molecule has 5 heteroatoms. The minimum Gasteiger partial charge on any atom is -0.358 e. The van der Waals surface area contributed by atoms with Crippen molar-refractivity contribution >= 4 is 17.0 Å². The van der Waals surface area contributed by atoms with Crippen LogP contribution in [0.2, 0.25) is 0 Å². The summed E-state index contributed by atoms with van der Waals surface area (Å²) in [6.45, 7) is 8.94. The number of anilines is 1. The maximum Gasteiger partial charge on any atom is 0.208 e. The van der Waals surface area contributed by atoms with E-state index in [4.69, 9.17) is 9.72 Å². The minimum atomic E-state index is -0.00591. The van der Waals surface area contributed by atoms with E-state index in [0.717, 1.165) is 49.6 Å². The summed E-state index contributed by atoms with van der Waals surface area (Å²) in [5.74, 6) is 1.03. The van der Waals surface area contributed by atoms with E-state index in [0.29, 0.717) is 6.61 Å². The zero-order chi connectivity index (χ0) is 14.7. The van der Waals surface area contributed by atoms with Gasteiger partial charge in [0.05, 0.1) is 11.0 Å². The Labute approximate surface area is 125 Å². The fraction of sp³-hybridized carbons (Fsp3) is 0.562. The summed E-state index contributed by atoms with van der Waals surface area (Å²) in [6, 6.07) is 8.30. The van der Waals surface area contributed by atoms with Gasteiger partial charge in [-0.05, 0) is 38.9 Å². The van der Waals surface area contributed by atoms with E-state index in [1.54, 1.807) is 0 Å². The molecule has 1 aromatic carbocycles. The lowest BCUT2D eigenvalue weighted by Crippen LogP contribution is -2.31. The van der Waals surface area contributed by atoms with Crippen molar-refractivity contribution in [2.24, 2.45) is 0 Å². The van der Waals surface area contributed by atoms with Gasteiger partial charge in [-0.2, -0.15) is 0 Å². The van der Waals surface area contributed by atoms with Crippen LogP contribution in [0.15, 0.2) is 24.3 Å². The molecule has 1 saturated heterocycles. The molecule has 5 nitrogen and oxygen atoms in total. The predicted molar refractivity (Wildman–Crippen MR) is 85.8 cm³/mol. The summed E-state index contributed by atoms with van der Waals surface area (Å²) < 4.78 is 8.06. The molecule has 0 bridgehead atoms. The number of ether oxygens (including phenoxy) is 1. The van der Waals surface area contributed by atoms with Crippen LogP contribution < -0.4 is 10.2 Å². The first-order chi connectivity index (χ1) is 10.3. The van der Waals surface area contributed by atoms with E-state index < -0.39 is 0 Å². The summed E-state index contributed by atoms with van der Waals surface area (Å²) >= 11 is 0. The standard InChI is InChI=1S/C16H24N4O/c1-3-21-13(2)20-15-8-5-4-7-14(15)18-16(20)19-11-6-9-17-10-12-19/h4-5,7-8,13,17H,3,6,9-12H2,1-2H3. The van der Waals surface area contributed by atoms with Gasteiger partial charge in [-0.1, -0.05) is 12.1 Å². The van der Waals surface area contributed by atoms with Gasteiger partial charge in [0.2, 0.25) is 5.95 Å². The van der Waals surface area contributed by atoms with Gasteiger partial charge in [-0.3, -0.25) is 4.57 Å². The predicted octanol–water partition coefficient (Wildman–Crippen LogP) is 2.39. The van der Waals surface area contributed by atoms with Crippen molar-refractivity contribution in [2.75, 3.05) is 37.7 Å². The van der Waals surface area contributed by atoms with Crippen molar-refractivity contribution in [1.29, 1.82) is 0 Å². The SMILES string of the molecule is CCOC(C)n1c(N2CCCNCC2)nc2ccccc21. The fourth-order valence-corrected chi connectivity index (χ4v) is 2.97. The first-order valence-corrected chi connectivity index (χ1v) is 7.85. The number of benzene rings is 1. The highest BCUT2D eigenvalue weighted by Gasteiger charge is 2.21. The molecule has 1 fully saturated rings. The molecule has 1 atom stereocenters. The summed E-state index contributed by atoms with van der Waals surface area (Å²) in [5.41, 5.74) is 2.18. The molecule has 1 aromatic heterocycles. The molecule has 21 heavy (non-hydrogen) atoms. The van der Waals surface area contributed by atoms with E-state index in [1.807, 2.05) is 13.0 Å². The molecular formula is C16H24N4O. The first-order valence-electron chi connectivity index (χ1n) is 7.85. The number of imidazole rings is 1. The quantitative estimate of drug-likeness (QED) is 0.938. The molecule has 2 aromatic rings. The maximum atomic E-state index is 5.84. The number of fused-ring (bicyclic) bond motifs is 1. The zero-order valence-electron chi connectivity index (χ0n) is 12.9. The molecule has 0 radical (unpaired) electrons. The molecule has 0 spiro atoms. The molecule has 1 aliphatic rings. The number of para-hydroxylation sites is 2. The van der Waals surface area contributed by atoms with Crippen molar-refractivity contribution < 1.29 is 4.74 Å². The van der Waals surface area contributed by atoms with Gasteiger partial charge >= 0.3 is 0 Å². The van der Waals surface area contributed by atoms with E-state index in [2.05, 4.69) is 39.9 Å². The zero-order valence-corrected chi connectivity index (χ0v) is 12.9. The Morgan fingerprint density at radius 1 is 1.29 bits per heavy atom. The number of hydrogen-bond donors (Lipinski definition) is 1. The lowest BCUT2D eigenvalue weighted by molar-refractivity contribution is 0.0285. The molecule has 1 aliphatic heterocycles. The summed E-state index contributed by atoms with van der Waals surface area (Å²) in [6.07, 6.45) is 1.14. The lowest BCUT2D eigenvalue weighted by Gasteiger charge is -2.25. The largest absolute Gasteiger partial charge is 0.358 e. The molecule has 114 valence electrons. The highest BCUT2D eigenvalue weighted by Crippen LogP contribution is 2.27. The van der Waals surface area contributed by atoms with Crippen molar-refractivity contribution in [1.82, 2.24) is 14.9 Å². The number of nitrogens with zero attached hydrogens (tertiary/aromatic N) is 3. The molecule has 0 saturated carbocycles. The molecule has 0 aliphatic carbocycles. The number of hydrogen-bond acceptors (Lipinski definition) is 4. The topological polar surface area (TPSA) is 42.3 Å². The fourth-order valence-electron chi connectivity index (χ4n) is 2.97. The average Bonchev–Trinajstić information content (AvgIpc) is 2.68. The van der Waals surface area contributed by atoms with Crippen LogP contribution in [0.4, 0.5) is 5.95 Å². The van der Waals surface area contributed by atoms with Crippen LogP contribution >= 0.6 is 0 Å². The molecule has 1 N–H and O–H groups in total. The molecule has 3 rings (SSSR count). The summed E-state index contributed by atoms with van der Waals surface area (Å²) in [5, 5.41) is 3.44. The number of rotatable bonds is 4. The van der Waals surface area contributed by atoms with E-state index in [9.17, 15) is 0 Å². The Morgan fingerprint density at radius 3 is 3.00 bits per heavy atom. The van der Waals surface area contributed by atoms with Gasteiger partial charge in [0.25, 0.3) is 0 Å². The third-order valence-electron chi connectivity index (χ3n) is 3.97. The van der Waals surface area contributed by atoms with Crippen LogP contribution in [-0.4, -0.2) is 42.3 Å². The Morgan fingerprint density at radius 2 is 2.14 bits per heavy atom. The average molecular weight is 288 g/mol. The smallest absolute Gasteiger partial charge is 0.208 e. The van der Waals surface area contributed by atoms with Crippen LogP contribution in [0.25, 0.3) is 11.0 Å². The lowest BCUT2D eigenvalue weighted by atomic mass is 10.3. The molecule has 2 heterocycles. The Bertz CT molecular complexity index is 587. The molecular weight excluding hydrogens is 264 g/mol. The first kappa shape index (κ1) is 14.4. The maximum absolute atomic E-state index is 5.84. The molecule has 0 amide bonds. The normalized spacial score (nSPS) is 17.9. The van der Waals surface area contributed by atoms with Crippen molar-refractivity contribution in [2.45, 2.75) is 26.5 Å². The van der Waals surface area contributed by atoms with Gasteiger partial charge in [0.15, 0.2) is 0 Å².